The molecule has 0 spiro atoms. The summed E-state index contributed by atoms with van der Waals surface area (Å²) < 4.78 is 0. The summed E-state index contributed by atoms with van der Waals surface area (Å²) >= 11 is 1.31. The molecule has 0 saturated carbocycles. The van der Waals surface area contributed by atoms with Crippen molar-refractivity contribution in [3.05, 3.63) is 5.01 Å². The average Bonchev–Trinajstić information content (AvgIpc) is 2.96. The van der Waals surface area contributed by atoms with Gasteiger partial charge in [0.2, 0.25) is 10.1 Å². The number of likely N-dealkylation sites (N-methyl/N-ethyl adjacent to an activating group) is 1. The Kier molecular flexibility index (Phi) is 4.48. The minimum atomic E-state index is -0.114. The highest BCUT2D eigenvalue weighted by Crippen LogP contribution is 2.15. The number of likely N-dealkylation sites (tertiary alicyclic amines) is 1. The molecule has 2 rings (SSSR count). The summed E-state index contributed by atoms with van der Waals surface area (Å²) in [7, 11) is 2.06. The molecule has 6 nitrogen and oxygen atoms in total. The lowest BCUT2D eigenvalue weighted by Gasteiger charge is -2.10. The van der Waals surface area contributed by atoms with Gasteiger partial charge in [0, 0.05) is 19.1 Å². The van der Waals surface area contributed by atoms with Crippen molar-refractivity contribution < 1.29 is 4.79 Å². The first-order valence-electron chi connectivity index (χ1n) is 6.26. The van der Waals surface area contributed by atoms with Crippen LogP contribution in [0.5, 0.6) is 0 Å². The van der Waals surface area contributed by atoms with E-state index in [9.17, 15) is 4.79 Å². The molecule has 2 heterocycles. The molecule has 1 amide bonds. The van der Waals surface area contributed by atoms with Gasteiger partial charge in [-0.05, 0) is 26.4 Å². The fourth-order valence-electron chi connectivity index (χ4n) is 1.92. The van der Waals surface area contributed by atoms with Crippen LogP contribution in [-0.2, 0) is 0 Å². The number of nitrogens with one attached hydrogen (secondary N) is 2. The van der Waals surface area contributed by atoms with E-state index in [1.165, 1.54) is 11.3 Å². The van der Waals surface area contributed by atoms with E-state index < -0.39 is 0 Å². The van der Waals surface area contributed by atoms with E-state index in [1.807, 2.05) is 0 Å². The van der Waals surface area contributed by atoms with Crippen LogP contribution in [0, 0.1) is 0 Å². The topological polar surface area (TPSA) is 70.1 Å². The second-order valence-corrected chi connectivity index (χ2v) is 5.54. The standard InChI is InChI=1S/C11H19N5OS/c1-3-5-12-11-15-14-10(18-11)9(17)13-8-4-6-16(2)7-8/h8H,3-7H2,1-2H3,(H,12,15)(H,13,17). The zero-order chi connectivity index (χ0) is 13.0. The molecule has 1 aromatic rings. The van der Waals surface area contributed by atoms with Gasteiger partial charge < -0.3 is 15.5 Å². The highest BCUT2D eigenvalue weighted by molar-refractivity contribution is 7.17. The van der Waals surface area contributed by atoms with Crippen LogP contribution < -0.4 is 10.6 Å². The van der Waals surface area contributed by atoms with Crippen molar-refractivity contribution in [2.24, 2.45) is 0 Å². The van der Waals surface area contributed by atoms with Crippen LogP contribution in [0.4, 0.5) is 5.13 Å². The van der Waals surface area contributed by atoms with Crippen molar-refractivity contribution in [1.82, 2.24) is 20.4 Å². The van der Waals surface area contributed by atoms with E-state index in [4.69, 9.17) is 0 Å². The molecule has 0 aliphatic carbocycles. The highest BCUT2D eigenvalue weighted by Gasteiger charge is 2.23. The van der Waals surface area contributed by atoms with Crippen LogP contribution in [0.2, 0.25) is 0 Å². The highest BCUT2D eigenvalue weighted by atomic mass is 32.1. The van der Waals surface area contributed by atoms with Crippen molar-refractivity contribution in [3.63, 3.8) is 0 Å². The normalized spacial score (nSPS) is 20.0. The molecule has 1 aliphatic rings. The molecule has 1 unspecified atom stereocenters. The minimum absolute atomic E-state index is 0.114. The molecule has 1 atom stereocenters. The van der Waals surface area contributed by atoms with Crippen molar-refractivity contribution >= 4 is 22.4 Å². The Balaban J connectivity index is 1.86. The number of anilines is 1. The van der Waals surface area contributed by atoms with Crippen LogP contribution in [0.15, 0.2) is 0 Å². The molecule has 100 valence electrons. The van der Waals surface area contributed by atoms with E-state index in [2.05, 4.69) is 39.7 Å². The summed E-state index contributed by atoms with van der Waals surface area (Å²) in [4.78, 5) is 14.2. The summed E-state index contributed by atoms with van der Waals surface area (Å²) in [6.45, 7) is 4.87. The van der Waals surface area contributed by atoms with Crippen molar-refractivity contribution in [3.8, 4) is 0 Å². The second-order valence-electron chi connectivity index (χ2n) is 4.56. The predicted octanol–water partition coefficient (Wildman–Crippen LogP) is 0.794. The van der Waals surface area contributed by atoms with Crippen molar-refractivity contribution in [1.29, 1.82) is 0 Å². The maximum absolute atomic E-state index is 11.9. The molecule has 18 heavy (non-hydrogen) atoms. The van der Waals surface area contributed by atoms with Gasteiger partial charge in [0.1, 0.15) is 0 Å². The van der Waals surface area contributed by atoms with E-state index >= 15 is 0 Å². The van der Waals surface area contributed by atoms with Crippen LogP contribution in [0.3, 0.4) is 0 Å². The fraction of sp³-hybridized carbons (Fsp3) is 0.727. The van der Waals surface area contributed by atoms with Gasteiger partial charge in [-0.25, -0.2) is 0 Å². The van der Waals surface area contributed by atoms with Gasteiger partial charge >= 0.3 is 0 Å². The Hall–Kier alpha value is -1.21. The van der Waals surface area contributed by atoms with Gasteiger partial charge in [-0.3, -0.25) is 4.79 Å². The summed E-state index contributed by atoms with van der Waals surface area (Å²) in [6, 6.07) is 0.235. The fourth-order valence-corrected chi connectivity index (χ4v) is 2.59. The van der Waals surface area contributed by atoms with Gasteiger partial charge in [-0.1, -0.05) is 18.3 Å². The lowest BCUT2D eigenvalue weighted by Crippen LogP contribution is -2.36. The molecular formula is C11H19N5OS. The minimum Gasteiger partial charge on any atom is -0.360 e. The summed E-state index contributed by atoms with van der Waals surface area (Å²) in [5.74, 6) is -0.114. The number of carbonyl (C=O) groups excluding carboxylic acids is 1. The first kappa shape index (κ1) is 13.2. The van der Waals surface area contributed by atoms with Crippen molar-refractivity contribution in [2.75, 3.05) is 32.0 Å². The average molecular weight is 269 g/mol. The largest absolute Gasteiger partial charge is 0.360 e. The van der Waals surface area contributed by atoms with Gasteiger partial charge in [0.05, 0.1) is 0 Å². The van der Waals surface area contributed by atoms with Gasteiger partial charge in [-0.2, -0.15) is 0 Å². The Bertz CT molecular complexity index is 408. The molecule has 2 N–H and O–H groups in total. The van der Waals surface area contributed by atoms with Crippen LogP contribution >= 0.6 is 11.3 Å². The number of hydrogen-bond donors (Lipinski definition) is 2. The SMILES string of the molecule is CCCNc1nnc(C(=O)NC2CCN(C)C2)s1. The van der Waals surface area contributed by atoms with Crippen LogP contribution in [0.25, 0.3) is 0 Å². The van der Waals surface area contributed by atoms with Gasteiger partial charge in [-0.15, -0.1) is 10.2 Å². The van der Waals surface area contributed by atoms with E-state index in [0.29, 0.717) is 10.1 Å². The van der Waals surface area contributed by atoms with E-state index in [-0.39, 0.29) is 11.9 Å². The Morgan fingerprint density at radius 2 is 2.39 bits per heavy atom. The number of carbonyl (C=O) groups is 1. The third kappa shape index (κ3) is 3.39. The summed E-state index contributed by atoms with van der Waals surface area (Å²) in [5.41, 5.74) is 0. The Labute approximate surface area is 111 Å². The number of amides is 1. The van der Waals surface area contributed by atoms with Gasteiger partial charge in [0.15, 0.2) is 0 Å². The first-order valence-corrected chi connectivity index (χ1v) is 7.07. The molecule has 0 bridgehead atoms. The number of hydrogen-bond acceptors (Lipinski definition) is 6. The quantitative estimate of drug-likeness (QED) is 0.827. The van der Waals surface area contributed by atoms with Crippen LogP contribution in [-0.4, -0.2) is 53.7 Å². The zero-order valence-corrected chi connectivity index (χ0v) is 11.6. The van der Waals surface area contributed by atoms with Crippen LogP contribution in [0.1, 0.15) is 29.6 Å². The third-order valence-electron chi connectivity index (χ3n) is 2.87. The van der Waals surface area contributed by atoms with Crippen molar-refractivity contribution in [2.45, 2.75) is 25.8 Å². The summed E-state index contributed by atoms with van der Waals surface area (Å²) in [6.07, 6.45) is 2.03. The summed E-state index contributed by atoms with van der Waals surface area (Å²) in [5, 5.41) is 15.1. The molecule has 0 aromatic carbocycles. The molecule has 7 heteroatoms. The lowest BCUT2D eigenvalue weighted by molar-refractivity contribution is 0.0937. The predicted molar refractivity (Wildman–Crippen MR) is 72.1 cm³/mol. The second kappa shape index (κ2) is 6.10. The molecular weight excluding hydrogens is 250 g/mol. The zero-order valence-electron chi connectivity index (χ0n) is 10.8. The first-order chi connectivity index (χ1) is 8.69. The maximum Gasteiger partial charge on any atom is 0.282 e. The number of nitrogens with zero attached hydrogens (tertiary/aromatic N) is 3. The number of rotatable bonds is 5. The molecule has 1 aromatic heterocycles. The maximum atomic E-state index is 11.9. The molecule has 1 saturated heterocycles. The monoisotopic (exact) mass is 269 g/mol. The molecule has 1 aliphatic heterocycles. The number of aromatic nitrogens is 2. The van der Waals surface area contributed by atoms with E-state index in [0.717, 1.165) is 32.5 Å². The molecule has 1 fully saturated rings. The van der Waals surface area contributed by atoms with Gasteiger partial charge in [0.25, 0.3) is 5.91 Å². The smallest absolute Gasteiger partial charge is 0.282 e. The Morgan fingerprint density at radius 3 is 3.06 bits per heavy atom. The lowest BCUT2D eigenvalue weighted by atomic mass is 10.2. The Morgan fingerprint density at radius 1 is 1.56 bits per heavy atom. The molecule has 0 radical (unpaired) electrons. The third-order valence-corrected chi connectivity index (χ3v) is 3.75. The van der Waals surface area contributed by atoms with E-state index in [1.54, 1.807) is 0 Å².